The Hall–Kier alpha value is -2.04. The molecule has 0 aliphatic carbocycles. The normalized spacial score (nSPS) is 12.6. The summed E-state index contributed by atoms with van der Waals surface area (Å²) in [6.45, 7) is 8.35. The summed E-state index contributed by atoms with van der Waals surface area (Å²) in [5, 5.41) is 0.536. The van der Waals surface area contributed by atoms with Crippen molar-refractivity contribution in [2.45, 2.75) is 27.2 Å². The lowest BCUT2D eigenvalue weighted by Crippen LogP contribution is -2.29. The van der Waals surface area contributed by atoms with Crippen LogP contribution in [0.2, 0.25) is 0 Å². The quantitative estimate of drug-likeness (QED) is 0.821. The minimum atomic E-state index is -0.154. The van der Waals surface area contributed by atoms with Crippen molar-refractivity contribution < 1.29 is 0 Å². The van der Waals surface area contributed by atoms with E-state index in [1.165, 1.54) is 6.33 Å². The van der Waals surface area contributed by atoms with Gasteiger partial charge >= 0.3 is 0 Å². The summed E-state index contributed by atoms with van der Waals surface area (Å²) in [5.74, 6) is 0.595. The van der Waals surface area contributed by atoms with Gasteiger partial charge in [-0.25, -0.2) is 4.98 Å². The van der Waals surface area contributed by atoms with Gasteiger partial charge in [-0.3, -0.25) is 4.79 Å². The van der Waals surface area contributed by atoms with Crippen LogP contribution in [-0.4, -0.2) is 23.1 Å². The van der Waals surface area contributed by atoms with Crippen molar-refractivity contribution in [1.29, 1.82) is 0 Å². The summed E-state index contributed by atoms with van der Waals surface area (Å²) in [5.41, 5.74) is 8.24. The Morgan fingerprint density at radius 2 is 2.15 bits per heavy atom. The lowest BCUT2D eigenvalue weighted by molar-refractivity contribution is 0.548. The Kier molecular flexibility index (Phi) is 4.27. The second-order valence-electron chi connectivity index (χ2n) is 5.21. The molecule has 2 rings (SSSR count). The van der Waals surface area contributed by atoms with Crippen LogP contribution in [0.5, 0.6) is 0 Å². The van der Waals surface area contributed by atoms with Crippen LogP contribution in [0.4, 0.5) is 11.4 Å². The number of hydrogen-bond donors (Lipinski definition) is 2. The number of benzene rings is 1. The standard InChI is InChI=1S/C15H22N4O/c1-4-10(3)8-19(5-2)14-7-13-11(6-12(14)16)15(20)18-9-17-13/h6-7,9-10H,4-5,8,16H2,1-3H3,(H,17,18,20). The summed E-state index contributed by atoms with van der Waals surface area (Å²) in [6, 6.07) is 3.63. The minimum absolute atomic E-state index is 0.154. The first kappa shape index (κ1) is 14.4. The SMILES string of the molecule is CCC(C)CN(CC)c1cc2nc[nH]c(=O)c2cc1N. The van der Waals surface area contributed by atoms with Crippen molar-refractivity contribution in [3.63, 3.8) is 0 Å². The van der Waals surface area contributed by atoms with E-state index in [4.69, 9.17) is 5.73 Å². The number of aromatic nitrogens is 2. The van der Waals surface area contributed by atoms with E-state index in [0.717, 1.165) is 25.2 Å². The van der Waals surface area contributed by atoms with E-state index < -0.39 is 0 Å². The van der Waals surface area contributed by atoms with Gasteiger partial charge in [0.1, 0.15) is 0 Å². The molecule has 1 unspecified atom stereocenters. The molecule has 1 aromatic carbocycles. The first-order chi connectivity index (χ1) is 9.56. The van der Waals surface area contributed by atoms with E-state index in [-0.39, 0.29) is 5.56 Å². The smallest absolute Gasteiger partial charge is 0.258 e. The third kappa shape index (κ3) is 2.76. The molecule has 3 N–H and O–H groups in total. The van der Waals surface area contributed by atoms with Gasteiger partial charge in [0.15, 0.2) is 0 Å². The third-order valence-electron chi connectivity index (χ3n) is 3.74. The first-order valence-corrected chi connectivity index (χ1v) is 7.08. The van der Waals surface area contributed by atoms with E-state index in [2.05, 4.69) is 35.6 Å². The predicted molar refractivity (Wildman–Crippen MR) is 84.1 cm³/mol. The van der Waals surface area contributed by atoms with Crippen molar-refractivity contribution in [3.8, 4) is 0 Å². The molecule has 5 nitrogen and oxygen atoms in total. The third-order valence-corrected chi connectivity index (χ3v) is 3.74. The van der Waals surface area contributed by atoms with Crippen LogP contribution in [0.1, 0.15) is 27.2 Å². The Morgan fingerprint density at radius 3 is 2.80 bits per heavy atom. The molecule has 0 saturated heterocycles. The first-order valence-electron chi connectivity index (χ1n) is 7.08. The van der Waals surface area contributed by atoms with Crippen molar-refractivity contribution in [2.24, 2.45) is 5.92 Å². The maximum Gasteiger partial charge on any atom is 0.258 e. The van der Waals surface area contributed by atoms with Crippen LogP contribution < -0.4 is 16.2 Å². The largest absolute Gasteiger partial charge is 0.397 e. The zero-order chi connectivity index (χ0) is 14.7. The van der Waals surface area contributed by atoms with Gasteiger partial charge in [-0.2, -0.15) is 0 Å². The molecule has 0 spiro atoms. The van der Waals surface area contributed by atoms with Crippen LogP contribution in [0, 0.1) is 5.92 Å². The van der Waals surface area contributed by atoms with E-state index in [1.54, 1.807) is 6.07 Å². The fourth-order valence-electron chi connectivity index (χ4n) is 2.30. The fourth-order valence-corrected chi connectivity index (χ4v) is 2.30. The number of aromatic amines is 1. The number of rotatable bonds is 5. The molecule has 0 fully saturated rings. The van der Waals surface area contributed by atoms with Crippen LogP contribution in [0.15, 0.2) is 23.3 Å². The van der Waals surface area contributed by atoms with Gasteiger partial charge in [-0.05, 0) is 25.0 Å². The average Bonchev–Trinajstić information content (AvgIpc) is 2.45. The van der Waals surface area contributed by atoms with Gasteiger partial charge in [0, 0.05) is 13.1 Å². The molecular weight excluding hydrogens is 252 g/mol. The summed E-state index contributed by atoms with van der Waals surface area (Å²) in [6.07, 6.45) is 2.55. The summed E-state index contributed by atoms with van der Waals surface area (Å²) >= 11 is 0. The highest BCUT2D eigenvalue weighted by Gasteiger charge is 2.13. The molecule has 1 atom stereocenters. The maximum absolute atomic E-state index is 11.7. The van der Waals surface area contributed by atoms with Crippen molar-refractivity contribution >= 4 is 22.3 Å². The lowest BCUT2D eigenvalue weighted by Gasteiger charge is -2.27. The molecule has 0 aliphatic rings. The molecule has 5 heteroatoms. The number of H-pyrrole nitrogens is 1. The Morgan fingerprint density at radius 1 is 1.40 bits per heavy atom. The molecule has 2 aromatic rings. The number of nitrogens with two attached hydrogens (primary N) is 1. The molecule has 1 heterocycles. The molecule has 0 saturated carbocycles. The average molecular weight is 274 g/mol. The van der Waals surface area contributed by atoms with Crippen LogP contribution in [0.3, 0.4) is 0 Å². The van der Waals surface area contributed by atoms with E-state index in [9.17, 15) is 4.79 Å². The number of hydrogen-bond acceptors (Lipinski definition) is 4. The predicted octanol–water partition coefficient (Wildman–Crippen LogP) is 2.38. The van der Waals surface area contributed by atoms with Crippen LogP contribution in [-0.2, 0) is 0 Å². The van der Waals surface area contributed by atoms with Crippen LogP contribution in [0.25, 0.3) is 10.9 Å². The van der Waals surface area contributed by atoms with Crippen molar-refractivity contribution in [2.75, 3.05) is 23.7 Å². The zero-order valence-electron chi connectivity index (χ0n) is 12.3. The second kappa shape index (κ2) is 5.94. The molecule has 0 amide bonds. The number of nitrogens with zero attached hydrogens (tertiary/aromatic N) is 2. The van der Waals surface area contributed by atoms with Gasteiger partial charge in [0.25, 0.3) is 5.56 Å². The number of nitrogen functional groups attached to an aromatic ring is 1. The van der Waals surface area contributed by atoms with E-state index in [1.807, 2.05) is 6.07 Å². The van der Waals surface area contributed by atoms with Gasteiger partial charge in [0.2, 0.25) is 0 Å². The van der Waals surface area contributed by atoms with E-state index >= 15 is 0 Å². The number of fused-ring (bicyclic) bond motifs is 1. The van der Waals surface area contributed by atoms with Gasteiger partial charge in [0.05, 0.1) is 28.6 Å². The molecular formula is C15H22N4O. The molecule has 0 bridgehead atoms. The number of nitrogens with one attached hydrogen (secondary N) is 1. The molecule has 1 aromatic heterocycles. The van der Waals surface area contributed by atoms with Gasteiger partial charge in [-0.1, -0.05) is 20.3 Å². The molecule has 0 aliphatic heterocycles. The summed E-state index contributed by atoms with van der Waals surface area (Å²) in [7, 11) is 0. The zero-order valence-corrected chi connectivity index (χ0v) is 12.3. The van der Waals surface area contributed by atoms with Crippen LogP contribution >= 0.6 is 0 Å². The maximum atomic E-state index is 11.7. The highest BCUT2D eigenvalue weighted by molar-refractivity contribution is 5.88. The summed E-state index contributed by atoms with van der Waals surface area (Å²) in [4.78, 5) is 20.8. The monoisotopic (exact) mass is 274 g/mol. The van der Waals surface area contributed by atoms with Gasteiger partial charge < -0.3 is 15.6 Å². The lowest BCUT2D eigenvalue weighted by atomic mass is 10.1. The van der Waals surface area contributed by atoms with E-state index in [0.29, 0.717) is 22.5 Å². The van der Waals surface area contributed by atoms with Gasteiger partial charge in [-0.15, -0.1) is 0 Å². The van der Waals surface area contributed by atoms with Crippen molar-refractivity contribution in [3.05, 3.63) is 28.8 Å². The second-order valence-corrected chi connectivity index (χ2v) is 5.21. The molecule has 0 radical (unpaired) electrons. The highest BCUT2D eigenvalue weighted by Crippen LogP contribution is 2.27. The Labute approximate surface area is 118 Å². The molecule has 108 valence electrons. The highest BCUT2D eigenvalue weighted by atomic mass is 16.1. The summed E-state index contributed by atoms with van der Waals surface area (Å²) < 4.78 is 0. The van der Waals surface area contributed by atoms with Crippen molar-refractivity contribution in [1.82, 2.24) is 9.97 Å². The molecule has 20 heavy (non-hydrogen) atoms. The Balaban J connectivity index is 2.47. The minimum Gasteiger partial charge on any atom is -0.397 e. The Bertz CT molecular complexity index is 650. The number of anilines is 2. The topological polar surface area (TPSA) is 75.0 Å². The fraction of sp³-hybridized carbons (Fsp3) is 0.467.